The zero-order valence-corrected chi connectivity index (χ0v) is 18.6. The Kier molecular flexibility index (Phi) is 7.04. The first-order valence-electron chi connectivity index (χ1n) is 7.97. The van der Waals surface area contributed by atoms with Gasteiger partial charge in [0.1, 0.15) is 18.2 Å². The van der Waals surface area contributed by atoms with Crippen LogP contribution in [0, 0.1) is 5.82 Å². The van der Waals surface area contributed by atoms with Crippen LogP contribution >= 0.6 is 55.1 Å². The molecule has 0 aromatic heterocycles. The van der Waals surface area contributed by atoms with Gasteiger partial charge < -0.3 is 10.1 Å². The van der Waals surface area contributed by atoms with Gasteiger partial charge in [-0.1, -0.05) is 41.4 Å². The van der Waals surface area contributed by atoms with E-state index < -0.39 is 0 Å². The molecule has 0 unspecified atom stereocenters. The maximum Gasteiger partial charge on any atom is 0.148 e. The molecule has 0 aliphatic rings. The lowest BCUT2D eigenvalue weighted by Gasteiger charge is -2.14. The Hall–Kier alpha value is -1.27. The Bertz CT molecular complexity index is 945. The maximum absolute atomic E-state index is 13.7. The third kappa shape index (κ3) is 5.38. The van der Waals surface area contributed by atoms with Crippen molar-refractivity contribution in [2.45, 2.75) is 13.2 Å². The van der Waals surface area contributed by atoms with Crippen LogP contribution in [0.1, 0.15) is 11.1 Å². The summed E-state index contributed by atoms with van der Waals surface area (Å²) in [6, 6.07) is 15.8. The number of halogens is 5. The van der Waals surface area contributed by atoms with Gasteiger partial charge in [-0.3, -0.25) is 0 Å². The van der Waals surface area contributed by atoms with Crippen molar-refractivity contribution in [1.82, 2.24) is 0 Å². The van der Waals surface area contributed by atoms with Crippen LogP contribution in [0.5, 0.6) is 5.75 Å². The number of nitrogens with one attached hydrogen (secondary N) is 1. The van der Waals surface area contributed by atoms with Gasteiger partial charge in [0, 0.05) is 17.8 Å². The highest BCUT2D eigenvalue weighted by Crippen LogP contribution is 2.36. The van der Waals surface area contributed by atoms with Crippen LogP contribution in [0.3, 0.4) is 0 Å². The number of benzene rings is 3. The summed E-state index contributed by atoms with van der Waals surface area (Å²) in [5.41, 5.74) is 2.40. The summed E-state index contributed by atoms with van der Waals surface area (Å²) in [5.74, 6) is 0.337. The highest BCUT2D eigenvalue weighted by atomic mass is 79.9. The first-order chi connectivity index (χ1) is 12.9. The summed E-state index contributed by atoms with van der Waals surface area (Å²) in [5, 5.41) is 4.31. The van der Waals surface area contributed by atoms with Crippen molar-refractivity contribution in [2.24, 2.45) is 0 Å². The minimum absolute atomic E-state index is 0.144. The zero-order chi connectivity index (χ0) is 19.4. The molecule has 0 aliphatic carbocycles. The van der Waals surface area contributed by atoms with Gasteiger partial charge in [-0.15, -0.1) is 0 Å². The number of ether oxygens (including phenoxy) is 1. The quantitative estimate of drug-likeness (QED) is 0.348. The predicted octanol–water partition coefficient (Wildman–Crippen LogP) is 7.85. The molecule has 0 saturated carbocycles. The molecule has 0 bridgehead atoms. The molecule has 3 aromatic carbocycles. The number of rotatable bonds is 6. The fraction of sp³-hybridized carbons (Fsp3) is 0.100. The van der Waals surface area contributed by atoms with E-state index in [0.29, 0.717) is 27.9 Å². The van der Waals surface area contributed by atoms with Crippen molar-refractivity contribution in [3.63, 3.8) is 0 Å². The van der Waals surface area contributed by atoms with Crippen LogP contribution in [0.4, 0.5) is 10.1 Å². The molecular weight excluding hydrogens is 520 g/mol. The number of anilines is 1. The Balaban J connectivity index is 1.68. The maximum atomic E-state index is 13.7. The molecular formula is C20H14Br2Cl2FNO. The number of hydrogen-bond acceptors (Lipinski definition) is 2. The van der Waals surface area contributed by atoms with Crippen molar-refractivity contribution in [2.75, 3.05) is 5.32 Å². The van der Waals surface area contributed by atoms with Crippen molar-refractivity contribution < 1.29 is 9.13 Å². The molecule has 3 aromatic rings. The van der Waals surface area contributed by atoms with E-state index in [4.69, 9.17) is 27.9 Å². The highest BCUT2D eigenvalue weighted by molar-refractivity contribution is 9.11. The molecule has 0 radical (unpaired) electrons. The fourth-order valence-corrected chi connectivity index (χ4v) is 4.24. The topological polar surface area (TPSA) is 21.3 Å². The minimum Gasteiger partial charge on any atom is -0.486 e. The molecule has 0 heterocycles. The van der Waals surface area contributed by atoms with Gasteiger partial charge in [0.15, 0.2) is 0 Å². The fourth-order valence-electron chi connectivity index (χ4n) is 2.43. The second-order valence-electron chi connectivity index (χ2n) is 5.75. The summed E-state index contributed by atoms with van der Waals surface area (Å²) in [4.78, 5) is 0. The molecule has 0 spiro atoms. The molecule has 0 saturated heterocycles. The van der Waals surface area contributed by atoms with E-state index in [-0.39, 0.29) is 12.4 Å². The van der Waals surface area contributed by atoms with E-state index >= 15 is 0 Å². The zero-order valence-electron chi connectivity index (χ0n) is 13.9. The van der Waals surface area contributed by atoms with E-state index in [0.717, 1.165) is 20.2 Å². The summed E-state index contributed by atoms with van der Waals surface area (Å²) < 4.78 is 21.1. The Labute approximate surface area is 183 Å². The van der Waals surface area contributed by atoms with E-state index in [1.165, 1.54) is 6.07 Å². The first kappa shape index (κ1) is 20.5. The van der Waals surface area contributed by atoms with Crippen molar-refractivity contribution >= 4 is 60.7 Å². The van der Waals surface area contributed by atoms with Gasteiger partial charge in [0.25, 0.3) is 0 Å². The lowest BCUT2D eigenvalue weighted by Crippen LogP contribution is -2.02. The summed E-state index contributed by atoms with van der Waals surface area (Å²) >= 11 is 19.0. The minimum atomic E-state index is -0.285. The predicted molar refractivity (Wildman–Crippen MR) is 116 cm³/mol. The third-order valence-electron chi connectivity index (χ3n) is 3.80. The normalized spacial score (nSPS) is 10.7. The van der Waals surface area contributed by atoms with E-state index in [2.05, 4.69) is 37.2 Å². The van der Waals surface area contributed by atoms with Crippen molar-refractivity contribution in [1.29, 1.82) is 0 Å². The van der Waals surface area contributed by atoms with Crippen molar-refractivity contribution in [3.05, 3.63) is 90.5 Å². The average Bonchev–Trinajstić information content (AvgIpc) is 2.63. The summed E-state index contributed by atoms with van der Waals surface area (Å²) in [6.45, 7) is 0.730. The molecule has 27 heavy (non-hydrogen) atoms. The third-order valence-corrected chi connectivity index (χ3v) is 5.72. The standard InChI is InChI=1S/C20H14Br2Cl2FNO/c21-15-7-12(10-26-14-5-6-17(23)18(24)9-14)8-16(22)20(15)27-11-13-3-1-2-4-19(13)25/h1-9,26H,10-11H2. The van der Waals surface area contributed by atoms with E-state index in [1.54, 1.807) is 30.3 Å². The van der Waals surface area contributed by atoms with Gasteiger partial charge in [-0.2, -0.15) is 0 Å². The molecule has 1 N–H and O–H groups in total. The molecule has 0 aliphatic heterocycles. The van der Waals surface area contributed by atoms with Crippen LogP contribution < -0.4 is 10.1 Å². The molecule has 0 amide bonds. The Morgan fingerprint density at radius 2 is 1.63 bits per heavy atom. The monoisotopic (exact) mass is 531 g/mol. The van der Waals surface area contributed by atoms with Gasteiger partial charge in [-0.25, -0.2) is 4.39 Å². The van der Waals surface area contributed by atoms with Gasteiger partial charge >= 0.3 is 0 Å². The smallest absolute Gasteiger partial charge is 0.148 e. The SMILES string of the molecule is Fc1ccccc1COc1c(Br)cc(CNc2ccc(Cl)c(Cl)c2)cc1Br. The lowest BCUT2D eigenvalue weighted by molar-refractivity contribution is 0.296. The molecule has 2 nitrogen and oxygen atoms in total. The Morgan fingerprint density at radius 3 is 2.30 bits per heavy atom. The first-order valence-corrected chi connectivity index (χ1v) is 10.3. The van der Waals surface area contributed by atoms with E-state index in [1.807, 2.05) is 18.2 Å². The Morgan fingerprint density at radius 1 is 0.926 bits per heavy atom. The highest BCUT2D eigenvalue weighted by Gasteiger charge is 2.11. The van der Waals surface area contributed by atoms with Crippen LogP contribution in [0.15, 0.2) is 63.5 Å². The van der Waals surface area contributed by atoms with Crippen LogP contribution in [0.25, 0.3) is 0 Å². The van der Waals surface area contributed by atoms with Gasteiger partial charge in [0.2, 0.25) is 0 Å². The second-order valence-corrected chi connectivity index (χ2v) is 8.27. The second kappa shape index (κ2) is 9.28. The number of hydrogen-bond donors (Lipinski definition) is 1. The van der Waals surface area contributed by atoms with Crippen LogP contribution in [0.2, 0.25) is 10.0 Å². The average molecular weight is 534 g/mol. The largest absolute Gasteiger partial charge is 0.486 e. The molecule has 3 rings (SSSR count). The van der Waals surface area contributed by atoms with Gasteiger partial charge in [0.05, 0.1) is 19.0 Å². The molecule has 140 valence electrons. The molecule has 0 fully saturated rings. The molecule has 0 atom stereocenters. The lowest BCUT2D eigenvalue weighted by atomic mass is 10.2. The van der Waals surface area contributed by atoms with Gasteiger partial charge in [-0.05, 0) is 73.8 Å². The van der Waals surface area contributed by atoms with E-state index in [9.17, 15) is 4.39 Å². The summed E-state index contributed by atoms with van der Waals surface area (Å²) in [6.07, 6.45) is 0. The van der Waals surface area contributed by atoms with Crippen molar-refractivity contribution in [3.8, 4) is 5.75 Å². The summed E-state index contributed by atoms with van der Waals surface area (Å²) in [7, 11) is 0. The van der Waals surface area contributed by atoms with Crippen LogP contribution in [-0.4, -0.2) is 0 Å². The van der Waals surface area contributed by atoms with Crippen LogP contribution in [-0.2, 0) is 13.2 Å². The molecule has 7 heteroatoms.